The third-order valence-electron chi connectivity index (χ3n) is 3.73. The van der Waals surface area contributed by atoms with Crippen molar-refractivity contribution in [3.8, 4) is 0 Å². The minimum atomic E-state index is 0.484. The highest BCUT2D eigenvalue weighted by Crippen LogP contribution is 2.22. The Morgan fingerprint density at radius 3 is 2.73 bits per heavy atom. The van der Waals surface area contributed by atoms with Crippen molar-refractivity contribution in [2.75, 3.05) is 36.4 Å². The van der Waals surface area contributed by atoms with Crippen LogP contribution in [-0.2, 0) is 0 Å². The first-order valence-electron chi connectivity index (χ1n) is 7.43. The van der Waals surface area contributed by atoms with Crippen LogP contribution in [0.4, 0.5) is 17.5 Å². The summed E-state index contributed by atoms with van der Waals surface area (Å²) in [6, 6.07) is 12.2. The number of hydrogen-bond acceptors (Lipinski definition) is 6. The summed E-state index contributed by atoms with van der Waals surface area (Å²) in [5.74, 6) is 1.00. The largest absolute Gasteiger partial charge is 0.423 e. The molecule has 1 aliphatic heterocycles. The van der Waals surface area contributed by atoms with Gasteiger partial charge in [0.1, 0.15) is 11.3 Å². The van der Waals surface area contributed by atoms with Crippen molar-refractivity contribution in [2.24, 2.45) is 0 Å². The number of fused-ring (bicyclic) bond motifs is 1. The first-order chi connectivity index (χ1) is 10.9. The zero-order chi connectivity index (χ0) is 14.8. The predicted molar refractivity (Wildman–Crippen MR) is 86.6 cm³/mol. The zero-order valence-electron chi connectivity index (χ0n) is 12.1. The van der Waals surface area contributed by atoms with Gasteiger partial charge in [0.15, 0.2) is 5.58 Å². The third-order valence-corrected chi connectivity index (χ3v) is 3.73. The van der Waals surface area contributed by atoms with Crippen molar-refractivity contribution in [1.82, 2.24) is 15.3 Å². The molecule has 6 nitrogen and oxygen atoms in total. The molecule has 2 N–H and O–H groups in total. The van der Waals surface area contributed by atoms with Crippen molar-refractivity contribution < 1.29 is 4.42 Å². The molecule has 1 fully saturated rings. The lowest BCUT2D eigenvalue weighted by molar-refractivity contribution is 0.585. The Balaban J connectivity index is 1.50. The molecule has 3 aromatic rings. The fourth-order valence-electron chi connectivity index (χ4n) is 2.59. The van der Waals surface area contributed by atoms with Gasteiger partial charge in [0, 0.05) is 26.2 Å². The molecule has 4 rings (SSSR count). The Morgan fingerprint density at radius 2 is 1.95 bits per heavy atom. The predicted octanol–water partition coefficient (Wildman–Crippen LogP) is 2.38. The van der Waals surface area contributed by atoms with E-state index in [2.05, 4.69) is 25.5 Å². The van der Waals surface area contributed by atoms with E-state index in [0.29, 0.717) is 6.01 Å². The number of oxazole rings is 1. The molecule has 0 aliphatic carbocycles. The summed E-state index contributed by atoms with van der Waals surface area (Å²) in [4.78, 5) is 11.2. The fourth-order valence-corrected chi connectivity index (χ4v) is 2.59. The second-order valence-corrected chi connectivity index (χ2v) is 5.25. The first-order valence-corrected chi connectivity index (χ1v) is 7.43. The van der Waals surface area contributed by atoms with E-state index in [9.17, 15) is 0 Å². The highest BCUT2D eigenvalue weighted by Gasteiger charge is 2.11. The van der Waals surface area contributed by atoms with Crippen LogP contribution in [0.1, 0.15) is 0 Å². The number of para-hydroxylation sites is 2. The summed E-state index contributed by atoms with van der Waals surface area (Å²) in [5.41, 5.74) is 2.48. The monoisotopic (exact) mass is 295 g/mol. The smallest absolute Gasteiger partial charge is 0.300 e. The van der Waals surface area contributed by atoms with Gasteiger partial charge < -0.3 is 20.0 Å². The Labute approximate surface area is 128 Å². The van der Waals surface area contributed by atoms with E-state index in [1.165, 1.54) is 0 Å². The average Bonchev–Trinajstić information content (AvgIpc) is 2.98. The van der Waals surface area contributed by atoms with Crippen molar-refractivity contribution in [3.05, 3.63) is 42.6 Å². The average molecular weight is 295 g/mol. The number of rotatable bonds is 3. The minimum absolute atomic E-state index is 0.484. The molecule has 22 heavy (non-hydrogen) atoms. The molecule has 0 amide bonds. The Morgan fingerprint density at radius 1 is 1.09 bits per heavy atom. The molecule has 0 unspecified atom stereocenters. The molecular formula is C16H17N5O. The normalized spacial score (nSPS) is 15.2. The number of nitrogens with one attached hydrogen (secondary N) is 2. The van der Waals surface area contributed by atoms with Crippen LogP contribution in [0.5, 0.6) is 0 Å². The topological polar surface area (TPSA) is 66.2 Å². The molecule has 2 aromatic heterocycles. The van der Waals surface area contributed by atoms with E-state index in [0.717, 1.165) is 48.8 Å². The van der Waals surface area contributed by atoms with E-state index < -0.39 is 0 Å². The summed E-state index contributed by atoms with van der Waals surface area (Å²) in [6.07, 6.45) is 1.81. The second kappa shape index (κ2) is 5.65. The number of pyridine rings is 1. The van der Waals surface area contributed by atoms with Crippen LogP contribution in [0.2, 0.25) is 0 Å². The van der Waals surface area contributed by atoms with E-state index in [1.54, 1.807) is 0 Å². The van der Waals surface area contributed by atoms with Gasteiger partial charge in [-0.05, 0) is 24.3 Å². The third kappa shape index (κ3) is 2.60. The van der Waals surface area contributed by atoms with E-state index in [1.807, 2.05) is 42.6 Å². The first kappa shape index (κ1) is 13.1. The van der Waals surface area contributed by atoms with Gasteiger partial charge in [0.05, 0.1) is 11.9 Å². The highest BCUT2D eigenvalue weighted by molar-refractivity contribution is 5.75. The van der Waals surface area contributed by atoms with E-state index >= 15 is 0 Å². The molecular weight excluding hydrogens is 278 g/mol. The zero-order valence-corrected chi connectivity index (χ0v) is 12.1. The van der Waals surface area contributed by atoms with Crippen molar-refractivity contribution in [1.29, 1.82) is 0 Å². The van der Waals surface area contributed by atoms with Crippen LogP contribution in [0, 0.1) is 0 Å². The lowest BCUT2D eigenvalue weighted by Crippen LogP contribution is -2.43. The number of hydrogen-bond donors (Lipinski definition) is 2. The van der Waals surface area contributed by atoms with Crippen molar-refractivity contribution >= 4 is 28.6 Å². The fraction of sp³-hybridized carbons (Fsp3) is 0.250. The maximum absolute atomic E-state index is 5.65. The molecule has 112 valence electrons. The van der Waals surface area contributed by atoms with Gasteiger partial charge in [0.25, 0.3) is 6.01 Å². The number of nitrogens with zero attached hydrogens (tertiary/aromatic N) is 3. The number of piperazine rings is 1. The van der Waals surface area contributed by atoms with Crippen LogP contribution in [0.25, 0.3) is 11.1 Å². The molecule has 0 bridgehead atoms. The number of aromatic nitrogens is 2. The Bertz CT molecular complexity index is 729. The molecule has 0 spiro atoms. The van der Waals surface area contributed by atoms with Crippen molar-refractivity contribution in [2.45, 2.75) is 0 Å². The summed E-state index contributed by atoms with van der Waals surface area (Å²) in [6.45, 7) is 3.99. The molecule has 1 aromatic carbocycles. The van der Waals surface area contributed by atoms with Gasteiger partial charge >= 0.3 is 0 Å². The van der Waals surface area contributed by atoms with Gasteiger partial charge in [0.2, 0.25) is 0 Å². The van der Waals surface area contributed by atoms with Crippen LogP contribution < -0.4 is 15.5 Å². The molecule has 0 saturated carbocycles. The molecule has 1 saturated heterocycles. The Kier molecular flexibility index (Phi) is 3.36. The van der Waals surface area contributed by atoms with Gasteiger partial charge in [-0.2, -0.15) is 4.98 Å². The van der Waals surface area contributed by atoms with Crippen LogP contribution in [-0.4, -0.2) is 36.1 Å². The molecule has 0 atom stereocenters. The Hall–Kier alpha value is -2.60. The number of anilines is 3. The molecule has 0 radical (unpaired) electrons. The lowest BCUT2D eigenvalue weighted by atomic mass is 10.3. The maximum Gasteiger partial charge on any atom is 0.300 e. The minimum Gasteiger partial charge on any atom is -0.423 e. The molecule has 1 aliphatic rings. The van der Waals surface area contributed by atoms with Gasteiger partial charge in [-0.15, -0.1) is 0 Å². The van der Waals surface area contributed by atoms with E-state index in [4.69, 9.17) is 4.42 Å². The van der Waals surface area contributed by atoms with Gasteiger partial charge in [-0.1, -0.05) is 12.1 Å². The summed E-state index contributed by atoms with van der Waals surface area (Å²) in [5, 5.41) is 6.49. The quantitative estimate of drug-likeness (QED) is 0.773. The summed E-state index contributed by atoms with van der Waals surface area (Å²) >= 11 is 0. The molecule has 6 heteroatoms. The lowest BCUT2D eigenvalue weighted by Gasteiger charge is -2.28. The van der Waals surface area contributed by atoms with E-state index in [-0.39, 0.29) is 0 Å². The van der Waals surface area contributed by atoms with Crippen molar-refractivity contribution in [3.63, 3.8) is 0 Å². The second-order valence-electron chi connectivity index (χ2n) is 5.25. The SMILES string of the molecule is c1ccc2oc(Nc3ccc(N4CCNCC4)nc3)nc2c1. The standard InChI is InChI=1S/C16H17N5O/c1-2-4-14-13(3-1)20-16(22-14)19-12-5-6-15(18-11-12)21-9-7-17-8-10-21/h1-6,11,17H,7-10H2,(H,19,20). The van der Waals surface area contributed by atoms with Crippen LogP contribution in [0.3, 0.4) is 0 Å². The maximum atomic E-state index is 5.65. The van der Waals surface area contributed by atoms with Crippen LogP contribution >= 0.6 is 0 Å². The summed E-state index contributed by atoms with van der Waals surface area (Å²) in [7, 11) is 0. The van der Waals surface area contributed by atoms with Crippen LogP contribution in [0.15, 0.2) is 47.0 Å². The number of benzene rings is 1. The highest BCUT2D eigenvalue weighted by atomic mass is 16.4. The van der Waals surface area contributed by atoms with Gasteiger partial charge in [-0.25, -0.2) is 4.98 Å². The molecule has 3 heterocycles. The summed E-state index contributed by atoms with van der Waals surface area (Å²) < 4.78 is 5.65. The van der Waals surface area contributed by atoms with Gasteiger partial charge in [-0.3, -0.25) is 0 Å².